The number of unbranched alkanes of at least 4 members (excludes halogenated alkanes) is 1. The molecule has 0 aromatic rings. The Hall–Kier alpha value is -1.52. The van der Waals surface area contributed by atoms with Gasteiger partial charge in [-0.15, -0.1) is 0 Å². The lowest BCUT2D eigenvalue weighted by Gasteiger charge is -2.18. The SMILES string of the molecule is CCCCC(=O)NC(COP(=O)(O)OCC(O)COC(C)=O)C(=O)O. The number of carbonyl (C=O) groups is 3. The fourth-order valence-electron chi connectivity index (χ4n) is 1.43. The molecule has 11 nitrogen and oxygen atoms in total. The van der Waals surface area contributed by atoms with Crippen molar-refractivity contribution < 1.29 is 47.8 Å². The lowest BCUT2D eigenvalue weighted by molar-refractivity contribution is -0.144. The van der Waals surface area contributed by atoms with Crippen LogP contribution in [-0.2, 0) is 32.7 Å². The van der Waals surface area contributed by atoms with Crippen molar-refractivity contribution in [2.45, 2.75) is 45.3 Å². The number of carbonyl (C=O) groups excluding carboxylic acids is 2. The van der Waals surface area contributed by atoms with Gasteiger partial charge in [-0.2, -0.15) is 0 Å². The predicted molar refractivity (Wildman–Crippen MR) is 83.5 cm³/mol. The Labute approximate surface area is 144 Å². The number of rotatable bonds is 13. The van der Waals surface area contributed by atoms with Crippen LogP contribution in [0.2, 0.25) is 0 Å². The van der Waals surface area contributed by atoms with Crippen molar-refractivity contribution in [3.8, 4) is 0 Å². The van der Waals surface area contributed by atoms with Gasteiger partial charge in [0.2, 0.25) is 5.91 Å². The van der Waals surface area contributed by atoms with Crippen LogP contribution in [-0.4, -0.2) is 64.9 Å². The Morgan fingerprint density at radius 1 is 1.16 bits per heavy atom. The fraction of sp³-hybridized carbons (Fsp3) is 0.769. The van der Waals surface area contributed by atoms with Crippen molar-refractivity contribution in [3.05, 3.63) is 0 Å². The molecule has 0 aromatic heterocycles. The van der Waals surface area contributed by atoms with Crippen LogP contribution in [0.4, 0.5) is 0 Å². The van der Waals surface area contributed by atoms with Crippen LogP contribution in [0.3, 0.4) is 0 Å². The molecule has 0 heterocycles. The average molecular weight is 385 g/mol. The molecule has 0 rings (SSSR count). The molecule has 0 fully saturated rings. The lowest BCUT2D eigenvalue weighted by atomic mass is 10.2. The number of carboxylic acids is 1. The van der Waals surface area contributed by atoms with Crippen molar-refractivity contribution in [1.29, 1.82) is 0 Å². The molecular formula is C13H24NO10P. The summed E-state index contributed by atoms with van der Waals surface area (Å²) >= 11 is 0. The number of carboxylic acid groups (broad SMARTS) is 1. The van der Waals surface area contributed by atoms with Gasteiger partial charge in [-0.25, -0.2) is 9.36 Å². The van der Waals surface area contributed by atoms with Crippen LogP contribution < -0.4 is 5.32 Å². The van der Waals surface area contributed by atoms with E-state index in [9.17, 15) is 28.9 Å². The summed E-state index contributed by atoms with van der Waals surface area (Å²) in [4.78, 5) is 42.5. The topological polar surface area (TPSA) is 169 Å². The third-order valence-electron chi connectivity index (χ3n) is 2.70. The molecule has 0 saturated carbocycles. The smallest absolute Gasteiger partial charge is 0.472 e. The van der Waals surface area contributed by atoms with Gasteiger partial charge in [-0.3, -0.25) is 18.6 Å². The molecule has 146 valence electrons. The maximum absolute atomic E-state index is 11.6. The molecule has 0 aliphatic carbocycles. The van der Waals surface area contributed by atoms with Crippen molar-refractivity contribution in [1.82, 2.24) is 5.32 Å². The van der Waals surface area contributed by atoms with E-state index in [1.807, 2.05) is 6.92 Å². The van der Waals surface area contributed by atoms with E-state index in [1.54, 1.807) is 0 Å². The third-order valence-corrected chi connectivity index (χ3v) is 3.65. The minimum absolute atomic E-state index is 0.121. The third kappa shape index (κ3) is 12.5. The van der Waals surface area contributed by atoms with Gasteiger partial charge in [0.15, 0.2) is 6.04 Å². The van der Waals surface area contributed by atoms with E-state index < -0.39 is 57.6 Å². The van der Waals surface area contributed by atoms with Crippen LogP contribution in [0.1, 0.15) is 33.1 Å². The molecule has 0 spiro atoms. The van der Waals surface area contributed by atoms with Crippen LogP contribution in [0, 0.1) is 0 Å². The second kappa shape index (κ2) is 11.9. The summed E-state index contributed by atoms with van der Waals surface area (Å²) in [6.07, 6.45) is 0.0744. The summed E-state index contributed by atoms with van der Waals surface area (Å²) in [5.74, 6) is -2.62. The molecule has 0 radical (unpaired) electrons. The molecule has 4 N–H and O–H groups in total. The maximum Gasteiger partial charge on any atom is 0.472 e. The van der Waals surface area contributed by atoms with Gasteiger partial charge >= 0.3 is 19.8 Å². The highest BCUT2D eigenvalue weighted by Gasteiger charge is 2.28. The normalized spacial score (nSPS) is 15.7. The monoisotopic (exact) mass is 385 g/mol. The Morgan fingerprint density at radius 3 is 2.28 bits per heavy atom. The average Bonchev–Trinajstić information content (AvgIpc) is 2.52. The second-order valence-corrected chi connectivity index (χ2v) is 6.53. The highest BCUT2D eigenvalue weighted by Crippen LogP contribution is 2.43. The maximum atomic E-state index is 11.6. The summed E-state index contributed by atoms with van der Waals surface area (Å²) in [6.45, 7) is 1.05. The highest BCUT2D eigenvalue weighted by atomic mass is 31.2. The number of hydrogen-bond donors (Lipinski definition) is 4. The Morgan fingerprint density at radius 2 is 1.76 bits per heavy atom. The van der Waals surface area contributed by atoms with Gasteiger partial charge in [0.25, 0.3) is 0 Å². The molecular weight excluding hydrogens is 361 g/mol. The molecule has 0 bridgehead atoms. The Bertz CT molecular complexity index is 497. The molecule has 3 atom stereocenters. The van der Waals surface area contributed by atoms with Crippen LogP contribution in [0.15, 0.2) is 0 Å². The van der Waals surface area contributed by atoms with Crippen molar-refractivity contribution in [2.75, 3.05) is 19.8 Å². The van der Waals surface area contributed by atoms with Crippen LogP contribution >= 0.6 is 7.82 Å². The van der Waals surface area contributed by atoms with E-state index in [0.29, 0.717) is 6.42 Å². The van der Waals surface area contributed by atoms with E-state index in [2.05, 4.69) is 19.1 Å². The van der Waals surface area contributed by atoms with Gasteiger partial charge in [-0.1, -0.05) is 13.3 Å². The van der Waals surface area contributed by atoms with Crippen molar-refractivity contribution in [2.24, 2.45) is 0 Å². The molecule has 0 aliphatic heterocycles. The second-order valence-electron chi connectivity index (χ2n) is 5.08. The van der Waals surface area contributed by atoms with Gasteiger partial charge < -0.3 is 25.2 Å². The number of amides is 1. The minimum Gasteiger partial charge on any atom is -0.480 e. The van der Waals surface area contributed by atoms with Crippen molar-refractivity contribution >= 4 is 25.7 Å². The highest BCUT2D eigenvalue weighted by molar-refractivity contribution is 7.47. The zero-order valence-corrected chi connectivity index (χ0v) is 14.9. The van der Waals surface area contributed by atoms with Gasteiger partial charge in [0.1, 0.15) is 12.7 Å². The minimum atomic E-state index is -4.67. The first-order valence-corrected chi connectivity index (χ1v) is 9.02. The van der Waals surface area contributed by atoms with Gasteiger partial charge in [0, 0.05) is 13.3 Å². The summed E-state index contributed by atoms with van der Waals surface area (Å²) in [5, 5.41) is 20.5. The fourth-order valence-corrected chi connectivity index (χ4v) is 2.20. The van der Waals surface area contributed by atoms with Gasteiger partial charge in [0.05, 0.1) is 13.2 Å². The van der Waals surface area contributed by atoms with Crippen molar-refractivity contribution in [3.63, 3.8) is 0 Å². The van der Waals surface area contributed by atoms with E-state index in [1.165, 1.54) is 0 Å². The number of phosphoric ester groups is 1. The molecule has 12 heteroatoms. The van der Waals surface area contributed by atoms with Crippen LogP contribution in [0.25, 0.3) is 0 Å². The number of aliphatic hydroxyl groups is 1. The lowest BCUT2D eigenvalue weighted by Crippen LogP contribution is -2.43. The summed E-state index contributed by atoms with van der Waals surface area (Å²) in [7, 11) is -4.67. The molecule has 3 unspecified atom stereocenters. The first-order valence-electron chi connectivity index (χ1n) is 7.52. The molecule has 0 aliphatic rings. The molecule has 0 saturated heterocycles. The first-order chi connectivity index (χ1) is 11.6. The number of nitrogens with one attached hydrogen (secondary N) is 1. The van der Waals surface area contributed by atoms with Crippen LogP contribution in [0.5, 0.6) is 0 Å². The van der Waals surface area contributed by atoms with E-state index >= 15 is 0 Å². The molecule has 0 aromatic carbocycles. The number of hydrogen-bond acceptors (Lipinski definition) is 8. The number of ether oxygens (including phenoxy) is 1. The summed E-state index contributed by atoms with van der Waals surface area (Å²) in [6, 6.07) is -1.53. The summed E-state index contributed by atoms with van der Waals surface area (Å²) < 4.78 is 25.1. The number of phosphoric acid groups is 1. The quantitative estimate of drug-likeness (QED) is 0.246. The number of aliphatic hydroxyl groups excluding tert-OH is 1. The standard InChI is InChI=1S/C13H24NO10P/c1-3-4-5-12(17)14-11(13(18)19)8-24-25(20,21)23-7-10(16)6-22-9(2)15/h10-11,16H,3-8H2,1-2H3,(H,14,17)(H,18,19)(H,20,21). The Balaban J connectivity index is 4.36. The summed E-state index contributed by atoms with van der Waals surface area (Å²) in [5.41, 5.74) is 0. The van der Waals surface area contributed by atoms with E-state index in [4.69, 9.17) is 5.11 Å². The number of esters is 1. The predicted octanol–water partition coefficient (Wildman–Crippen LogP) is -0.196. The van der Waals surface area contributed by atoms with E-state index in [-0.39, 0.29) is 6.42 Å². The zero-order chi connectivity index (χ0) is 19.5. The van der Waals surface area contributed by atoms with E-state index in [0.717, 1.165) is 13.3 Å². The molecule has 25 heavy (non-hydrogen) atoms. The number of aliphatic carboxylic acids is 1. The first kappa shape index (κ1) is 23.5. The Kier molecular flexibility index (Phi) is 11.2. The van der Waals surface area contributed by atoms with Gasteiger partial charge in [-0.05, 0) is 6.42 Å². The molecule has 1 amide bonds. The largest absolute Gasteiger partial charge is 0.480 e. The zero-order valence-electron chi connectivity index (χ0n) is 14.0.